The maximum atomic E-state index is 13.6. The summed E-state index contributed by atoms with van der Waals surface area (Å²) in [7, 11) is 1.55. The Morgan fingerprint density at radius 2 is 1.78 bits per heavy atom. The number of ether oxygens (including phenoxy) is 2. The summed E-state index contributed by atoms with van der Waals surface area (Å²) in [6.07, 6.45) is 5.00. The first-order valence-electron chi connectivity index (χ1n) is 16.4. The van der Waals surface area contributed by atoms with Gasteiger partial charge in [-0.1, -0.05) is 32.3 Å². The van der Waals surface area contributed by atoms with Gasteiger partial charge in [-0.05, 0) is 66.5 Å². The monoisotopic (exact) mass is 652 g/mol. The summed E-state index contributed by atoms with van der Waals surface area (Å²) in [5.74, 6) is -0.521. The molecule has 46 heavy (non-hydrogen) atoms. The van der Waals surface area contributed by atoms with Crippen LogP contribution < -0.4 is 15.4 Å². The van der Waals surface area contributed by atoms with Crippen LogP contribution in [0, 0.1) is 5.92 Å². The third-order valence-corrected chi connectivity index (χ3v) is 9.83. The van der Waals surface area contributed by atoms with E-state index in [9.17, 15) is 14.4 Å². The topological polar surface area (TPSA) is 128 Å². The number of para-hydroxylation sites is 1. The number of fused-ring (bicyclic) bond motifs is 1. The van der Waals surface area contributed by atoms with Crippen LogP contribution in [0.2, 0.25) is 0 Å². The zero-order valence-electron chi connectivity index (χ0n) is 28.3. The Hall–Kier alpha value is -3.67. The summed E-state index contributed by atoms with van der Waals surface area (Å²) in [6.45, 7) is 13.1. The van der Waals surface area contributed by atoms with Crippen LogP contribution in [0.25, 0.3) is 21.6 Å². The molecule has 3 heterocycles. The number of amides is 3. The fraction of sp³-hybridized carbons (Fsp3) is 0.618. The van der Waals surface area contributed by atoms with Crippen molar-refractivity contribution in [3.8, 4) is 16.6 Å². The highest BCUT2D eigenvalue weighted by Crippen LogP contribution is 2.39. The second-order valence-corrected chi connectivity index (χ2v) is 14.7. The number of likely N-dealkylation sites (N-methyl/N-ethyl adjacent to an activating group) is 1. The maximum absolute atomic E-state index is 13.6. The predicted octanol–water partition coefficient (Wildman–Crippen LogP) is 6.04. The number of nitrogens with zero attached hydrogens (tertiary/aromatic N) is 4. The number of carbonyl (C=O) groups is 3. The average molecular weight is 653 g/mol. The molecule has 1 aromatic carbocycles. The lowest BCUT2D eigenvalue weighted by Gasteiger charge is -2.28. The molecule has 0 radical (unpaired) electrons. The van der Waals surface area contributed by atoms with Gasteiger partial charge in [0.25, 0.3) is 6.01 Å². The normalized spacial score (nSPS) is 21.4. The molecule has 4 atom stereocenters. The first kappa shape index (κ1) is 33.7. The minimum atomic E-state index is -0.910. The van der Waals surface area contributed by atoms with Crippen molar-refractivity contribution in [3.63, 3.8) is 0 Å². The van der Waals surface area contributed by atoms with Crippen LogP contribution >= 0.6 is 11.3 Å². The van der Waals surface area contributed by atoms with Gasteiger partial charge in [0.15, 0.2) is 0 Å². The minimum Gasteiger partial charge on any atom is -0.459 e. The predicted molar refractivity (Wildman–Crippen MR) is 179 cm³/mol. The van der Waals surface area contributed by atoms with E-state index in [4.69, 9.17) is 19.4 Å². The van der Waals surface area contributed by atoms with Gasteiger partial charge in [-0.15, -0.1) is 11.3 Å². The van der Waals surface area contributed by atoms with Gasteiger partial charge in [-0.25, -0.2) is 9.78 Å². The van der Waals surface area contributed by atoms with E-state index in [-0.39, 0.29) is 24.4 Å². The molecule has 2 N–H and O–H groups in total. The van der Waals surface area contributed by atoms with Crippen molar-refractivity contribution in [1.82, 2.24) is 30.1 Å². The Labute approximate surface area is 275 Å². The van der Waals surface area contributed by atoms with Gasteiger partial charge >= 0.3 is 6.09 Å². The second kappa shape index (κ2) is 13.6. The number of rotatable bonds is 8. The molecule has 2 aliphatic rings. The number of nitrogens with one attached hydrogen (secondary N) is 2. The van der Waals surface area contributed by atoms with Crippen LogP contribution in [0.15, 0.2) is 23.6 Å². The zero-order chi connectivity index (χ0) is 33.3. The van der Waals surface area contributed by atoms with Gasteiger partial charge in [-0.2, -0.15) is 4.98 Å². The summed E-state index contributed by atoms with van der Waals surface area (Å²) in [6, 6.07) is 4.91. The lowest BCUT2D eigenvalue weighted by Crippen LogP contribution is -2.53. The number of carbonyl (C=O) groups excluding carboxylic acids is 3. The van der Waals surface area contributed by atoms with E-state index in [1.54, 1.807) is 46.1 Å². The number of imidazole rings is 1. The number of likely N-dealkylation sites (tertiary alicyclic amines) is 1. The standard InChI is InChI=1S/C34H48N6O5S/c1-19(2)40-25-16-12-15-23(30-37-24(18-46-30)22-13-10-9-11-14-22)27(25)38-32(40)44-26-17-39(28(20(26)3)29(41)35-8)31(42)21(4)36-33(43)45-34(5,6)7/h12,15-16,18-22,26,28H,9-11,13-14,17H2,1-8H3,(H,35,41)(H,36,43)/t20-,21+,26+,28+/m1/s1. The molecule has 12 heteroatoms. The van der Waals surface area contributed by atoms with E-state index in [1.807, 2.05) is 19.1 Å². The van der Waals surface area contributed by atoms with E-state index >= 15 is 0 Å². The number of aromatic nitrogens is 3. The SMILES string of the molecule is CNC(=O)[C@@H]1[C@H](C)[C@@H](Oc2nc3c(-c4nc(C5CCCCC5)cs4)cccc3n2C(C)C)CN1C(=O)[C@H](C)NC(=O)OC(C)(C)C. The van der Waals surface area contributed by atoms with Crippen LogP contribution in [-0.2, 0) is 14.3 Å². The molecular weight excluding hydrogens is 604 g/mol. The molecule has 1 aliphatic heterocycles. The molecule has 5 rings (SSSR count). The summed E-state index contributed by atoms with van der Waals surface area (Å²) in [5.41, 5.74) is 3.19. The molecule has 250 valence electrons. The molecule has 1 aliphatic carbocycles. The van der Waals surface area contributed by atoms with E-state index in [1.165, 1.54) is 42.7 Å². The van der Waals surface area contributed by atoms with Crippen molar-refractivity contribution in [1.29, 1.82) is 0 Å². The Morgan fingerprint density at radius 1 is 1.07 bits per heavy atom. The first-order valence-corrected chi connectivity index (χ1v) is 17.3. The third kappa shape index (κ3) is 7.01. The largest absolute Gasteiger partial charge is 0.459 e. The highest BCUT2D eigenvalue weighted by molar-refractivity contribution is 7.13. The summed E-state index contributed by atoms with van der Waals surface area (Å²) >= 11 is 1.66. The highest BCUT2D eigenvalue weighted by Gasteiger charge is 2.48. The molecule has 0 unspecified atom stereocenters. The van der Waals surface area contributed by atoms with Crippen molar-refractivity contribution in [2.24, 2.45) is 5.92 Å². The number of hydrogen-bond donors (Lipinski definition) is 2. The molecule has 1 saturated carbocycles. The molecule has 3 aromatic rings. The number of hydrogen-bond acceptors (Lipinski definition) is 8. The molecule has 1 saturated heterocycles. The second-order valence-electron chi connectivity index (χ2n) is 13.9. The molecule has 3 amide bonds. The fourth-order valence-corrected chi connectivity index (χ4v) is 7.56. The van der Waals surface area contributed by atoms with E-state index in [0.29, 0.717) is 11.9 Å². The fourth-order valence-electron chi connectivity index (χ4n) is 6.64. The zero-order valence-corrected chi connectivity index (χ0v) is 29.1. The Bertz CT molecular complexity index is 1570. The van der Waals surface area contributed by atoms with Gasteiger partial charge in [0.2, 0.25) is 11.8 Å². The van der Waals surface area contributed by atoms with Crippen LogP contribution in [0.4, 0.5) is 4.79 Å². The minimum absolute atomic E-state index is 0.0339. The van der Waals surface area contributed by atoms with Gasteiger partial charge in [0, 0.05) is 35.9 Å². The molecule has 2 aromatic heterocycles. The smallest absolute Gasteiger partial charge is 0.408 e. The van der Waals surface area contributed by atoms with Crippen LogP contribution in [-0.4, -0.2) is 74.7 Å². The van der Waals surface area contributed by atoms with Gasteiger partial charge < -0.3 is 25.0 Å². The molecule has 0 bridgehead atoms. The lowest BCUT2D eigenvalue weighted by molar-refractivity contribution is -0.140. The summed E-state index contributed by atoms with van der Waals surface area (Å²) < 4.78 is 14.0. The number of alkyl carbamates (subject to hydrolysis) is 1. The quantitative estimate of drug-likeness (QED) is 0.304. The Balaban J connectivity index is 1.42. The van der Waals surface area contributed by atoms with Crippen LogP contribution in [0.3, 0.4) is 0 Å². The molecule has 0 spiro atoms. The van der Waals surface area contributed by atoms with Gasteiger partial charge in [0.1, 0.15) is 34.3 Å². The van der Waals surface area contributed by atoms with Crippen molar-refractivity contribution in [2.75, 3.05) is 13.6 Å². The van der Waals surface area contributed by atoms with E-state index in [2.05, 4.69) is 40.5 Å². The highest BCUT2D eigenvalue weighted by atomic mass is 32.1. The molecule has 11 nitrogen and oxygen atoms in total. The van der Waals surface area contributed by atoms with Crippen LogP contribution in [0.1, 0.15) is 98.2 Å². The number of benzene rings is 1. The van der Waals surface area contributed by atoms with E-state index in [0.717, 1.165) is 21.6 Å². The number of thiazole rings is 1. The Kier molecular flexibility index (Phi) is 9.95. The molecular formula is C34H48N6O5S. The van der Waals surface area contributed by atoms with Crippen molar-refractivity contribution in [2.45, 2.75) is 116 Å². The van der Waals surface area contributed by atoms with Gasteiger partial charge in [0.05, 0.1) is 17.8 Å². The third-order valence-electron chi connectivity index (χ3n) is 8.94. The van der Waals surface area contributed by atoms with E-state index < -0.39 is 35.8 Å². The van der Waals surface area contributed by atoms with Crippen LogP contribution in [0.5, 0.6) is 6.01 Å². The Morgan fingerprint density at radius 3 is 2.43 bits per heavy atom. The summed E-state index contributed by atoms with van der Waals surface area (Å²) in [4.78, 5) is 50.8. The first-order chi connectivity index (χ1) is 21.8. The molecule has 2 fully saturated rings. The summed E-state index contributed by atoms with van der Waals surface area (Å²) in [5, 5.41) is 8.45. The van der Waals surface area contributed by atoms with Crippen molar-refractivity contribution >= 4 is 40.3 Å². The maximum Gasteiger partial charge on any atom is 0.408 e. The average Bonchev–Trinajstić information content (AvgIpc) is 3.71. The van der Waals surface area contributed by atoms with Gasteiger partial charge in [-0.3, -0.25) is 14.2 Å². The van der Waals surface area contributed by atoms with Crippen molar-refractivity contribution < 1.29 is 23.9 Å². The van der Waals surface area contributed by atoms with Crippen molar-refractivity contribution in [3.05, 3.63) is 29.3 Å². The lowest BCUT2D eigenvalue weighted by atomic mass is 9.87.